The number of rotatable bonds is 6. The number of carbonyl (C=O) groups excluding carboxylic acids is 1. The average molecular weight is 517 g/mol. The van der Waals surface area contributed by atoms with E-state index in [1.807, 2.05) is 30.3 Å². The molecule has 6 nitrogen and oxygen atoms in total. The van der Waals surface area contributed by atoms with Crippen molar-refractivity contribution in [3.05, 3.63) is 63.6 Å². The van der Waals surface area contributed by atoms with Gasteiger partial charge < -0.3 is 21.3 Å². The number of hydrogen-bond donors (Lipinski definition) is 3. The summed E-state index contributed by atoms with van der Waals surface area (Å²) in [5, 5.41) is 8.19. The lowest BCUT2D eigenvalue weighted by Crippen LogP contribution is -2.53. The van der Waals surface area contributed by atoms with Crippen molar-refractivity contribution in [2.24, 2.45) is 10.7 Å². The fourth-order valence-corrected chi connectivity index (χ4v) is 5.56. The van der Waals surface area contributed by atoms with Crippen LogP contribution in [-0.4, -0.2) is 48.5 Å². The molecule has 35 heavy (non-hydrogen) atoms. The minimum Gasteiger partial charge on any atom is -0.370 e. The normalized spacial score (nSPS) is 20.5. The van der Waals surface area contributed by atoms with E-state index in [-0.39, 0.29) is 18.2 Å². The molecule has 1 amide bonds. The van der Waals surface area contributed by atoms with Gasteiger partial charge in [0, 0.05) is 53.7 Å². The first kappa shape index (κ1) is 25.8. The lowest BCUT2D eigenvalue weighted by molar-refractivity contribution is -0.118. The van der Waals surface area contributed by atoms with Crippen LogP contribution >= 0.6 is 23.2 Å². The van der Waals surface area contributed by atoms with Crippen LogP contribution in [0.4, 0.5) is 5.69 Å². The maximum Gasteiger partial charge on any atom is 0.218 e. The highest BCUT2D eigenvalue weighted by molar-refractivity contribution is 6.35. The van der Waals surface area contributed by atoms with Crippen molar-refractivity contribution in [2.45, 2.75) is 63.5 Å². The van der Waals surface area contributed by atoms with Gasteiger partial charge in [-0.25, -0.2) is 4.99 Å². The molecule has 1 heterocycles. The van der Waals surface area contributed by atoms with Crippen LogP contribution in [0.15, 0.2) is 47.5 Å². The molecule has 1 unspecified atom stereocenters. The van der Waals surface area contributed by atoms with Crippen molar-refractivity contribution in [3.8, 4) is 0 Å². The maximum absolute atomic E-state index is 11.9. The highest BCUT2D eigenvalue weighted by atomic mass is 35.5. The molecule has 2 atom stereocenters. The van der Waals surface area contributed by atoms with E-state index >= 15 is 0 Å². The molecule has 188 valence electrons. The van der Waals surface area contributed by atoms with Gasteiger partial charge in [0.2, 0.25) is 5.91 Å². The van der Waals surface area contributed by atoms with Crippen LogP contribution < -0.4 is 16.4 Å². The molecule has 2 aromatic rings. The molecule has 4 rings (SSSR count). The molecule has 4 N–H and O–H groups in total. The van der Waals surface area contributed by atoms with Gasteiger partial charge in [-0.3, -0.25) is 4.79 Å². The summed E-state index contributed by atoms with van der Waals surface area (Å²) in [6, 6.07) is 14.3. The third-order valence-electron chi connectivity index (χ3n) is 6.86. The summed E-state index contributed by atoms with van der Waals surface area (Å²) in [4.78, 5) is 19.4. The molecule has 1 saturated carbocycles. The van der Waals surface area contributed by atoms with E-state index < -0.39 is 0 Å². The molecule has 0 spiro atoms. The van der Waals surface area contributed by atoms with Crippen molar-refractivity contribution in [1.29, 1.82) is 0 Å². The largest absolute Gasteiger partial charge is 0.370 e. The zero-order valence-electron chi connectivity index (χ0n) is 20.3. The second-order valence-electron chi connectivity index (χ2n) is 9.68. The lowest BCUT2D eigenvalue weighted by atomic mass is 9.88. The number of amides is 1. The SMILES string of the molecule is C[C@H]1CN(/C(=N\C2CCCCC2)Nc2ccc(C(CC(N)=O)c3ccc(Cl)cc3Cl)cc2)CCN1. The van der Waals surface area contributed by atoms with Gasteiger partial charge in [0.1, 0.15) is 0 Å². The Labute approximate surface area is 218 Å². The van der Waals surface area contributed by atoms with Gasteiger partial charge in [0.15, 0.2) is 5.96 Å². The number of piperazine rings is 1. The van der Waals surface area contributed by atoms with Crippen LogP contribution in [0, 0.1) is 0 Å². The molecule has 1 aliphatic heterocycles. The Morgan fingerprint density at radius 1 is 1.17 bits per heavy atom. The van der Waals surface area contributed by atoms with E-state index in [2.05, 4.69) is 22.5 Å². The molecule has 0 radical (unpaired) electrons. The average Bonchev–Trinajstić information content (AvgIpc) is 2.84. The molecule has 8 heteroatoms. The van der Waals surface area contributed by atoms with E-state index in [1.165, 1.54) is 19.3 Å². The Morgan fingerprint density at radius 3 is 2.57 bits per heavy atom. The molecule has 2 fully saturated rings. The van der Waals surface area contributed by atoms with Gasteiger partial charge in [-0.1, -0.05) is 60.7 Å². The third-order valence-corrected chi connectivity index (χ3v) is 7.42. The van der Waals surface area contributed by atoms with Gasteiger partial charge in [-0.05, 0) is 55.2 Å². The summed E-state index contributed by atoms with van der Waals surface area (Å²) in [5.74, 6) is 0.334. The Hall–Kier alpha value is -2.28. The molecule has 0 bridgehead atoms. The zero-order chi connectivity index (χ0) is 24.8. The topological polar surface area (TPSA) is 82.8 Å². The zero-order valence-corrected chi connectivity index (χ0v) is 21.8. The number of primary amides is 1. The predicted molar refractivity (Wildman–Crippen MR) is 146 cm³/mol. The minimum atomic E-state index is -0.377. The first-order valence-electron chi connectivity index (χ1n) is 12.6. The smallest absolute Gasteiger partial charge is 0.218 e. The standard InChI is InChI=1S/C27H35Cl2N5O/c1-18-17-34(14-13-31-18)27(32-21-5-3-2-4-6-21)33-22-10-7-19(8-11-22)24(16-26(30)35)23-12-9-20(28)15-25(23)29/h7-12,15,18,21,24,31H,2-6,13-14,16-17H2,1H3,(H2,30,35)(H,32,33)/t18-,24?/m0/s1. The third kappa shape index (κ3) is 7.12. The van der Waals surface area contributed by atoms with Crippen LogP contribution in [0.5, 0.6) is 0 Å². The van der Waals surface area contributed by atoms with Crippen molar-refractivity contribution in [1.82, 2.24) is 10.2 Å². The van der Waals surface area contributed by atoms with E-state index in [0.29, 0.717) is 22.1 Å². The molecule has 2 aromatic carbocycles. The Kier molecular flexibility index (Phi) is 8.93. The summed E-state index contributed by atoms with van der Waals surface area (Å²) < 4.78 is 0. The maximum atomic E-state index is 11.9. The molecule has 2 aliphatic rings. The number of nitrogens with zero attached hydrogens (tertiary/aromatic N) is 2. The van der Waals surface area contributed by atoms with Gasteiger partial charge in [0.05, 0.1) is 6.04 Å². The first-order valence-corrected chi connectivity index (χ1v) is 13.3. The van der Waals surface area contributed by atoms with Gasteiger partial charge >= 0.3 is 0 Å². The Balaban J connectivity index is 1.56. The number of carbonyl (C=O) groups is 1. The molecular formula is C27H35Cl2N5O. The van der Waals surface area contributed by atoms with Crippen molar-refractivity contribution in [3.63, 3.8) is 0 Å². The summed E-state index contributed by atoms with van der Waals surface area (Å²) in [7, 11) is 0. The van der Waals surface area contributed by atoms with E-state index in [0.717, 1.165) is 55.2 Å². The Morgan fingerprint density at radius 2 is 1.91 bits per heavy atom. The van der Waals surface area contributed by atoms with Gasteiger partial charge in [0.25, 0.3) is 0 Å². The second kappa shape index (κ2) is 12.1. The molecule has 1 saturated heterocycles. The highest BCUT2D eigenvalue weighted by Gasteiger charge is 2.23. The number of benzene rings is 2. The summed E-state index contributed by atoms with van der Waals surface area (Å²) in [6.07, 6.45) is 6.29. The van der Waals surface area contributed by atoms with Crippen LogP contribution in [-0.2, 0) is 4.79 Å². The number of halogens is 2. The summed E-state index contributed by atoms with van der Waals surface area (Å²) in [5.41, 5.74) is 8.36. The number of aliphatic imine (C=N–C) groups is 1. The van der Waals surface area contributed by atoms with E-state index in [9.17, 15) is 4.79 Å². The monoisotopic (exact) mass is 515 g/mol. The fraction of sp³-hybridized carbons (Fsp3) is 0.481. The second-order valence-corrected chi connectivity index (χ2v) is 10.5. The van der Waals surface area contributed by atoms with Gasteiger partial charge in [-0.15, -0.1) is 0 Å². The summed E-state index contributed by atoms with van der Waals surface area (Å²) in [6.45, 7) is 5.01. The molecular weight excluding hydrogens is 481 g/mol. The Bertz CT molecular complexity index is 1040. The van der Waals surface area contributed by atoms with E-state index in [4.69, 9.17) is 33.9 Å². The van der Waals surface area contributed by atoms with E-state index in [1.54, 1.807) is 12.1 Å². The lowest BCUT2D eigenvalue weighted by Gasteiger charge is -2.35. The number of nitrogens with two attached hydrogens (primary N) is 1. The van der Waals surface area contributed by atoms with Crippen molar-refractivity contribution < 1.29 is 4.79 Å². The number of hydrogen-bond acceptors (Lipinski definition) is 3. The van der Waals surface area contributed by atoms with Crippen LogP contribution in [0.2, 0.25) is 10.0 Å². The number of anilines is 1. The first-order chi connectivity index (χ1) is 16.9. The highest BCUT2D eigenvalue weighted by Crippen LogP contribution is 2.35. The number of guanidine groups is 1. The number of nitrogens with one attached hydrogen (secondary N) is 2. The molecule has 0 aromatic heterocycles. The summed E-state index contributed by atoms with van der Waals surface area (Å²) >= 11 is 12.6. The van der Waals surface area contributed by atoms with Crippen LogP contribution in [0.3, 0.4) is 0 Å². The van der Waals surface area contributed by atoms with Gasteiger partial charge in [-0.2, -0.15) is 0 Å². The quantitative estimate of drug-likeness (QED) is 0.355. The van der Waals surface area contributed by atoms with Crippen molar-refractivity contribution >= 4 is 40.8 Å². The van der Waals surface area contributed by atoms with Crippen LogP contribution in [0.25, 0.3) is 0 Å². The fourth-order valence-electron chi connectivity index (χ4n) is 5.02. The predicted octanol–water partition coefficient (Wildman–Crippen LogP) is 5.40. The minimum absolute atomic E-state index is 0.168. The molecule has 1 aliphatic carbocycles. The van der Waals surface area contributed by atoms with Crippen molar-refractivity contribution in [2.75, 3.05) is 25.0 Å². The van der Waals surface area contributed by atoms with Crippen LogP contribution in [0.1, 0.15) is 62.5 Å².